The molecule has 2 aromatic rings. The van der Waals surface area contributed by atoms with Gasteiger partial charge in [0.2, 0.25) is 27.7 Å². The van der Waals surface area contributed by atoms with Gasteiger partial charge >= 0.3 is 6.09 Å². The van der Waals surface area contributed by atoms with E-state index < -0.39 is 68.7 Å². The number of alkyl carbamates (subject to hydrolysis) is 1. The van der Waals surface area contributed by atoms with Crippen LogP contribution in [0.15, 0.2) is 36.9 Å². The molecule has 3 N–H and O–H groups in total. The van der Waals surface area contributed by atoms with Crippen LogP contribution in [0.4, 0.5) is 4.79 Å². The molecule has 296 valence electrons. The maximum absolute atomic E-state index is 14.8. The summed E-state index contributed by atoms with van der Waals surface area (Å²) in [7, 11) is -3.89. The first-order chi connectivity index (χ1) is 26.5. The summed E-state index contributed by atoms with van der Waals surface area (Å²) in [5.74, 6) is -1.88. The first kappa shape index (κ1) is 37.6. The smallest absolute Gasteiger partial charge is 0.408 e. The average Bonchev–Trinajstić information content (AvgIpc) is 3.95. The number of para-hydroxylation sites is 2. The molecule has 4 saturated carbocycles. The van der Waals surface area contributed by atoms with Gasteiger partial charge < -0.3 is 25.0 Å². The number of nitrogens with one attached hydrogen (secondary N) is 3. The lowest BCUT2D eigenvalue weighted by Gasteiger charge is -2.32. The zero-order chi connectivity index (χ0) is 38.3. The Labute approximate surface area is 322 Å². The van der Waals surface area contributed by atoms with Gasteiger partial charge in [0.15, 0.2) is 0 Å². The number of carbonyl (C=O) groups is 4. The van der Waals surface area contributed by atoms with Crippen LogP contribution in [0.5, 0.6) is 5.88 Å². The van der Waals surface area contributed by atoms with E-state index in [1.807, 2.05) is 24.3 Å². The Hall–Kier alpha value is -4.27. The van der Waals surface area contributed by atoms with Crippen molar-refractivity contribution in [3.63, 3.8) is 0 Å². The summed E-state index contributed by atoms with van der Waals surface area (Å²) >= 11 is 0. The van der Waals surface area contributed by atoms with Gasteiger partial charge in [-0.2, -0.15) is 0 Å². The van der Waals surface area contributed by atoms with Crippen molar-refractivity contribution in [3.8, 4) is 5.88 Å². The van der Waals surface area contributed by atoms with Gasteiger partial charge in [0.05, 0.1) is 22.8 Å². The maximum atomic E-state index is 14.8. The lowest BCUT2D eigenvalue weighted by Crippen LogP contribution is -2.59. The van der Waals surface area contributed by atoms with Crippen molar-refractivity contribution in [2.75, 3.05) is 6.54 Å². The number of ether oxygens (including phenoxy) is 2. The number of fused-ring (bicyclic) bond motifs is 5. The molecule has 4 aliphatic carbocycles. The molecule has 7 atom stereocenters. The Kier molecular flexibility index (Phi) is 10.5. The van der Waals surface area contributed by atoms with Crippen LogP contribution in [0.2, 0.25) is 0 Å². The third-order valence-corrected chi connectivity index (χ3v) is 14.5. The number of aromatic nitrogens is 2. The number of sulfonamides is 1. The van der Waals surface area contributed by atoms with Crippen molar-refractivity contribution < 1.29 is 37.1 Å². The molecule has 0 unspecified atom stereocenters. The summed E-state index contributed by atoms with van der Waals surface area (Å²) < 4.78 is 40.4. The molecular weight excluding hydrogens is 725 g/mol. The molecule has 6 aliphatic rings. The van der Waals surface area contributed by atoms with Crippen LogP contribution < -0.4 is 20.1 Å². The summed E-state index contributed by atoms with van der Waals surface area (Å²) in [5.41, 5.74) is 0.603. The molecule has 5 fully saturated rings. The monoisotopic (exact) mass is 776 g/mol. The summed E-state index contributed by atoms with van der Waals surface area (Å²) in [4.78, 5) is 67.7. The van der Waals surface area contributed by atoms with Crippen molar-refractivity contribution in [2.45, 2.75) is 138 Å². The van der Waals surface area contributed by atoms with Crippen LogP contribution in [-0.2, 0) is 35.6 Å². The number of benzene rings is 1. The van der Waals surface area contributed by atoms with Gasteiger partial charge in [-0.25, -0.2) is 23.2 Å². The van der Waals surface area contributed by atoms with Gasteiger partial charge in [-0.05, 0) is 94.6 Å². The highest BCUT2D eigenvalue weighted by atomic mass is 32.2. The molecule has 55 heavy (non-hydrogen) atoms. The fourth-order valence-electron chi connectivity index (χ4n) is 9.34. The van der Waals surface area contributed by atoms with E-state index >= 15 is 0 Å². The highest BCUT2D eigenvalue weighted by Gasteiger charge is 2.62. The molecule has 14 nitrogen and oxygen atoms in total. The third kappa shape index (κ3) is 7.90. The number of hydrogen-bond donors (Lipinski definition) is 3. The third-order valence-electron chi connectivity index (χ3n) is 12.7. The van der Waals surface area contributed by atoms with Gasteiger partial charge in [0.1, 0.15) is 35.5 Å². The number of carbonyl (C=O) groups excluding carboxylic acids is 4. The minimum atomic E-state index is -3.89. The predicted octanol–water partition coefficient (Wildman–Crippen LogP) is 4.22. The Bertz CT molecular complexity index is 1950. The number of amides is 4. The molecule has 1 aromatic heterocycles. The molecular formula is C40H52N6O8S. The molecule has 8 rings (SSSR count). The SMILES string of the molecule is C=C[C@H]1C[C@]1(NC(=O)[C@@H]1C[C@@H]2CN1C(=O)[C@H](C1CCCC1)NC(=O)O[C@H]1CCC[C@@H]1CCCCCc1nc3ccccc3nc1O2)C(=O)NS(=O)(=O)C1CC1. The molecule has 3 heterocycles. The van der Waals surface area contributed by atoms with Crippen LogP contribution in [0.3, 0.4) is 0 Å². The van der Waals surface area contributed by atoms with E-state index in [9.17, 15) is 27.6 Å². The standard InChI is InChI=1S/C40H52N6O8S/c1-2-26-22-40(26,38(49)45-55(51,52)28-19-20-28)44-35(47)32-21-27-23-46(32)37(48)34(25-12-6-7-13-25)43-39(50)54-33-18-10-14-24(33)11-4-3-5-17-31-36(53-27)42-30-16-9-8-15-29(30)41-31/h2,8-9,15-16,24-28,32-34H,1,3-7,10-14,17-23H2,(H,43,50)(H,44,47)(H,45,49)/t24-,26-,27+,32-,33-,34-,40+/m0/s1. The van der Waals surface area contributed by atoms with Gasteiger partial charge in [-0.3, -0.25) is 19.1 Å². The first-order valence-corrected chi connectivity index (χ1v) is 21.8. The minimum Gasteiger partial charge on any atom is -0.471 e. The molecule has 2 aliphatic heterocycles. The van der Waals surface area contributed by atoms with Crippen LogP contribution >= 0.6 is 0 Å². The normalized spacial score (nSPS) is 31.9. The topological polar surface area (TPSA) is 186 Å². The number of nitrogens with zero attached hydrogens (tertiary/aromatic N) is 3. The van der Waals surface area contributed by atoms with Crippen molar-refractivity contribution in [2.24, 2.45) is 17.8 Å². The van der Waals surface area contributed by atoms with Crippen LogP contribution in [-0.4, -0.2) is 88.7 Å². The van der Waals surface area contributed by atoms with E-state index in [-0.39, 0.29) is 37.3 Å². The van der Waals surface area contributed by atoms with E-state index in [0.29, 0.717) is 36.4 Å². The van der Waals surface area contributed by atoms with Crippen molar-refractivity contribution in [1.29, 1.82) is 0 Å². The fourth-order valence-corrected chi connectivity index (χ4v) is 10.7. The highest BCUT2D eigenvalue weighted by Crippen LogP contribution is 2.46. The Morgan fingerprint density at radius 1 is 0.909 bits per heavy atom. The molecule has 0 radical (unpaired) electrons. The zero-order valence-corrected chi connectivity index (χ0v) is 32.1. The van der Waals surface area contributed by atoms with E-state index in [1.165, 1.54) is 11.0 Å². The molecule has 2 bridgehead atoms. The molecule has 0 spiro atoms. The van der Waals surface area contributed by atoms with E-state index in [4.69, 9.17) is 19.4 Å². The van der Waals surface area contributed by atoms with Crippen molar-refractivity contribution in [1.82, 2.24) is 30.2 Å². The van der Waals surface area contributed by atoms with Crippen LogP contribution in [0.1, 0.15) is 102 Å². The molecule has 15 heteroatoms. The lowest BCUT2D eigenvalue weighted by molar-refractivity contribution is -0.142. The fraction of sp³-hybridized carbons (Fsp3) is 0.650. The van der Waals surface area contributed by atoms with Gasteiger partial charge in [0.25, 0.3) is 5.91 Å². The number of hydrogen-bond acceptors (Lipinski definition) is 10. The second-order valence-corrected chi connectivity index (χ2v) is 18.5. The van der Waals surface area contributed by atoms with E-state index in [2.05, 4.69) is 21.9 Å². The first-order valence-electron chi connectivity index (χ1n) is 20.2. The minimum absolute atomic E-state index is 0.0235. The summed E-state index contributed by atoms with van der Waals surface area (Å²) in [6.07, 6.45) is 11.7. The van der Waals surface area contributed by atoms with Gasteiger partial charge in [-0.1, -0.05) is 43.9 Å². The second kappa shape index (κ2) is 15.3. The molecule has 1 aromatic carbocycles. The summed E-state index contributed by atoms with van der Waals surface area (Å²) in [6.45, 7) is 3.84. The Morgan fingerprint density at radius 3 is 2.35 bits per heavy atom. The summed E-state index contributed by atoms with van der Waals surface area (Å²) in [6, 6.07) is 5.56. The summed E-state index contributed by atoms with van der Waals surface area (Å²) in [5, 5.41) is 5.18. The van der Waals surface area contributed by atoms with Crippen LogP contribution in [0.25, 0.3) is 11.0 Å². The zero-order valence-electron chi connectivity index (χ0n) is 31.2. The van der Waals surface area contributed by atoms with Crippen LogP contribution in [0, 0.1) is 17.8 Å². The Morgan fingerprint density at radius 2 is 1.62 bits per heavy atom. The number of rotatable bonds is 7. The van der Waals surface area contributed by atoms with Crippen molar-refractivity contribution in [3.05, 3.63) is 42.6 Å². The Balaban J connectivity index is 1.12. The van der Waals surface area contributed by atoms with Crippen molar-refractivity contribution >= 4 is 44.9 Å². The predicted molar refractivity (Wildman–Crippen MR) is 202 cm³/mol. The highest BCUT2D eigenvalue weighted by molar-refractivity contribution is 7.91. The second-order valence-electron chi connectivity index (χ2n) is 16.5. The van der Waals surface area contributed by atoms with E-state index in [1.54, 1.807) is 0 Å². The quantitative estimate of drug-likeness (QED) is 0.344. The average molecular weight is 777 g/mol. The maximum Gasteiger partial charge on any atom is 0.408 e. The molecule has 1 saturated heterocycles. The van der Waals surface area contributed by atoms with Gasteiger partial charge in [0, 0.05) is 12.3 Å². The van der Waals surface area contributed by atoms with E-state index in [0.717, 1.165) is 76.1 Å². The number of aryl methyl sites for hydroxylation is 1. The lowest BCUT2D eigenvalue weighted by atomic mass is 9.96. The largest absolute Gasteiger partial charge is 0.471 e. The van der Waals surface area contributed by atoms with Gasteiger partial charge in [-0.15, -0.1) is 6.58 Å². The molecule has 4 amide bonds.